The molecule has 0 amide bonds. The summed E-state index contributed by atoms with van der Waals surface area (Å²) >= 11 is 1.41. The Kier molecular flexibility index (Phi) is 5.23. The number of phenols is 1. The molecule has 0 heterocycles. The van der Waals surface area contributed by atoms with Gasteiger partial charge < -0.3 is 5.11 Å². The van der Waals surface area contributed by atoms with Crippen LogP contribution in [-0.4, -0.2) is 23.1 Å². The van der Waals surface area contributed by atoms with Gasteiger partial charge in [0.25, 0.3) is 0 Å². The van der Waals surface area contributed by atoms with Gasteiger partial charge in [-0.05, 0) is 30.4 Å². The Bertz CT molecular complexity index is 395. The predicted molar refractivity (Wildman–Crippen MR) is 66.4 cm³/mol. The molecule has 0 aliphatic rings. The lowest BCUT2D eigenvalue weighted by atomic mass is 10.1. The van der Waals surface area contributed by atoms with Gasteiger partial charge in [0.1, 0.15) is 5.75 Å². The number of phenolic OH excluding ortho intramolecular Hbond substituents is 1. The first-order valence-corrected chi connectivity index (χ1v) is 6.00. The molecule has 0 aromatic heterocycles. The molecule has 0 saturated heterocycles. The van der Waals surface area contributed by atoms with Gasteiger partial charge in [-0.15, -0.1) is 0 Å². The van der Waals surface area contributed by atoms with E-state index < -0.39 is 0 Å². The lowest BCUT2D eigenvalue weighted by Gasteiger charge is -2.01. The van der Waals surface area contributed by atoms with Crippen LogP contribution >= 0.6 is 11.8 Å². The van der Waals surface area contributed by atoms with Crippen molar-refractivity contribution in [2.75, 3.05) is 12.8 Å². The maximum Gasteiger partial charge on any atom is 0.183 e. The fourth-order valence-corrected chi connectivity index (χ4v) is 1.52. The highest BCUT2D eigenvalue weighted by atomic mass is 32.2. The van der Waals surface area contributed by atoms with Crippen molar-refractivity contribution in [3.05, 3.63) is 29.8 Å². The van der Waals surface area contributed by atoms with Gasteiger partial charge in [-0.1, -0.05) is 23.9 Å². The highest BCUT2D eigenvalue weighted by Crippen LogP contribution is 2.10. The average Bonchev–Trinajstić information content (AvgIpc) is 2.30. The van der Waals surface area contributed by atoms with Gasteiger partial charge >= 0.3 is 0 Å². The molecule has 0 atom stereocenters. The molecule has 5 heteroatoms. The molecule has 84 valence electrons. The fourth-order valence-electron chi connectivity index (χ4n) is 1.15. The molecular weight excluding hydrogens is 222 g/mol. The lowest BCUT2D eigenvalue weighted by molar-refractivity contribution is 0.475. The summed E-state index contributed by atoms with van der Waals surface area (Å²) in [6, 6.07) is 7.03. The standard InChI is InChI=1S/C11H13N3OS/c1-16-11(14-8-12)13-7-6-9-2-4-10(15)5-3-9/h2-5,15H,6-7H2,1H3,(H,13,14). The minimum absolute atomic E-state index is 0.267. The summed E-state index contributed by atoms with van der Waals surface area (Å²) in [5.41, 5.74) is 1.11. The van der Waals surface area contributed by atoms with Gasteiger partial charge in [-0.3, -0.25) is 10.3 Å². The van der Waals surface area contributed by atoms with E-state index in [0.717, 1.165) is 12.0 Å². The van der Waals surface area contributed by atoms with Gasteiger partial charge in [-0.25, -0.2) is 0 Å². The highest BCUT2D eigenvalue weighted by Gasteiger charge is 1.95. The van der Waals surface area contributed by atoms with Crippen molar-refractivity contribution in [2.45, 2.75) is 6.42 Å². The van der Waals surface area contributed by atoms with E-state index in [1.807, 2.05) is 24.6 Å². The van der Waals surface area contributed by atoms with Crippen LogP contribution in [0, 0.1) is 11.5 Å². The Morgan fingerprint density at radius 1 is 1.50 bits per heavy atom. The third kappa shape index (κ3) is 4.24. The number of thioether (sulfide) groups is 1. The van der Waals surface area contributed by atoms with Crippen LogP contribution in [0.2, 0.25) is 0 Å². The van der Waals surface area contributed by atoms with E-state index in [1.165, 1.54) is 11.8 Å². The number of nitrogens with zero attached hydrogens (tertiary/aromatic N) is 2. The monoisotopic (exact) mass is 235 g/mol. The van der Waals surface area contributed by atoms with Crippen molar-refractivity contribution >= 4 is 16.9 Å². The van der Waals surface area contributed by atoms with Crippen molar-refractivity contribution in [2.24, 2.45) is 4.99 Å². The van der Waals surface area contributed by atoms with Crippen molar-refractivity contribution in [3.8, 4) is 11.9 Å². The van der Waals surface area contributed by atoms with E-state index in [2.05, 4.69) is 10.3 Å². The van der Waals surface area contributed by atoms with Crippen molar-refractivity contribution < 1.29 is 5.11 Å². The van der Waals surface area contributed by atoms with E-state index >= 15 is 0 Å². The molecule has 0 fully saturated rings. The van der Waals surface area contributed by atoms with Gasteiger partial charge in [0.05, 0.1) is 0 Å². The summed E-state index contributed by atoms with van der Waals surface area (Å²) < 4.78 is 0. The van der Waals surface area contributed by atoms with E-state index in [-0.39, 0.29) is 5.75 Å². The molecule has 0 radical (unpaired) electrons. The first kappa shape index (κ1) is 12.4. The second-order valence-corrected chi connectivity index (χ2v) is 3.84. The third-order valence-corrected chi connectivity index (χ3v) is 2.57. The van der Waals surface area contributed by atoms with Gasteiger partial charge in [0, 0.05) is 6.54 Å². The quantitative estimate of drug-likeness (QED) is 0.362. The number of amidine groups is 1. The maximum atomic E-state index is 9.10. The van der Waals surface area contributed by atoms with Crippen LogP contribution in [0.25, 0.3) is 0 Å². The summed E-state index contributed by atoms with van der Waals surface area (Å²) in [4.78, 5) is 4.23. The zero-order valence-corrected chi connectivity index (χ0v) is 9.79. The highest BCUT2D eigenvalue weighted by molar-refractivity contribution is 8.13. The molecule has 0 spiro atoms. The molecule has 2 N–H and O–H groups in total. The molecule has 1 aromatic rings. The Labute approximate surface area is 99.0 Å². The number of nitrogens with one attached hydrogen (secondary N) is 1. The minimum atomic E-state index is 0.267. The van der Waals surface area contributed by atoms with Crippen molar-refractivity contribution in [3.63, 3.8) is 0 Å². The van der Waals surface area contributed by atoms with Gasteiger partial charge in [0.15, 0.2) is 11.4 Å². The second kappa shape index (κ2) is 6.75. The summed E-state index contributed by atoms with van der Waals surface area (Å²) in [5, 5.41) is 20.7. The maximum absolute atomic E-state index is 9.10. The summed E-state index contributed by atoms with van der Waals surface area (Å²) in [7, 11) is 0. The Morgan fingerprint density at radius 2 is 2.19 bits per heavy atom. The first-order chi connectivity index (χ1) is 7.76. The van der Waals surface area contributed by atoms with E-state index in [9.17, 15) is 0 Å². The second-order valence-electron chi connectivity index (χ2n) is 3.04. The van der Waals surface area contributed by atoms with Crippen LogP contribution in [0.5, 0.6) is 5.75 Å². The first-order valence-electron chi connectivity index (χ1n) is 4.77. The van der Waals surface area contributed by atoms with E-state index in [1.54, 1.807) is 12.1 Å². The molecular formula is C11H13N3OS. The topological polar surface area (TPSA) is 68.4 Å². The summed E-state index contributed by atoms with van der Waals surface area (Å²) in [6.45, 7) is 0.621. The molecule has 0 saturated carbocycles. The number of benzene rings is 1. The average molecular weight is 235 g/mol. The summed E-state index contributed by atoms with van der Waals surface area (Å²) in [5.74, 6) is 0.267. The SMILES string of the molecule is CSC(=NCCc1ccc(O)cc1)NC#N. The minimum Gasteiger partial charge on any atom is -0.508 e. The number of hydrogen-bond acceptors (Lipinski definition) is 4. The van der Waals surface area contributed by atoms with Crippen molar-refractivity contribution in [1.82, 2.24) is 5.32 Å². The van der Waals surface area contributed by atoms with Crippen LogP contribution in [0.4, 0.5) is 0 Å². The zero-order valence-electron chi connectivity index (χ0n) is 8.97. The molecule has 4 nitrogen and oxygen atoms in total. The number of nitriles is 1. The molecule has 1 rings (SSSR count). The Hall–Kier alpha value is -1.67. The number of rotatable bonds is 3. The van der Waals surface area contributed by atoms with Gasteiger partial charge in [0.2, 0.25) is 0 Å². The van der Waals surface area contributed by atoms with Crippen LogP contribution in [-0.2, 0) is 6.42 Å². The number of hydrogen-bond donors (Lipinski definition) is 2. The summed E-state index contributed by atoms with van der Waals surface area (Å²) in [6.07, 6.45) is 4.49. The number of aromatic hydroxyl groups is 1. The molecule has 0 aliphatic heterocycles. The van der Waals surface area contributed by atoms with E-state index in [0.29, 0.717) is 11.7 Å². The van der Waals surface area contributed by atoms with Crippen LogP contribution in [0.15, 0.2) is 29.3 Å². The van der Waals surface area contributed by atoms with Crippen LogP contribution in [0.3, 0.4) is 0 Å². The molecule has 0 bridgehead atoms. The fraction of sp³-hybridized carbons (Fsp3) is 0.273. The van der Waals surface area contributed by atoms with Crippen LogP contribution < -0.4 is 5.32 Å². The van der Waals surface area contributed by atoms with Gasteiger partial charge in [-0.2, -0.15) is 5.26 Å². The Morgan fingerprint density at radius 3 is 2.75 bits per heavy atom. The zero-order chi connectivity index (χ0) is 11.8. The van der Waals surface area contributed by atoms with E-state index in [4.69, 9.17) is 10.4 Å². The lowest BCUT2D eigenvalue weighted by Crippen LogP contribution is -2.13. The third-order valence-electron chi connectivity index (χ3n) is 1.95. The largest absolute Gasteiger partial charge is 0.508 e. The molecule has 0 aliphatic carbocycles. The predicted octanol–water partition coefficient (Wildman–Crippen LogP) is 1.72. The normalized spacial score (nSPS) is 10.9. The Balaban J connectivity index is 2.45. The number of aliphatic imine (C=N–C) groups is 1. The van der Waals surface area contributed by atoms with Crippen LogP contribution in [0.1, 0.15) is 5.56 Å². The molecule has 1 aromatic carbocycles. The smallest absolute Gasteiger partial charge is 0.183 e. The molecule has 0 unspecified atom stereocenters. The molecule has 16 heavy (non-hydrogen) atoms. The van der Waals surface area contributed by atoms with Crippen molar-refractivity contribution in [1.29, 1.82) is 5.26 Å².